The number of nitrogens with zero attached hydrogens (tertiary/aromatic N) is 4. The second-order valence-corrected chi connectivity index (χ2v) is 12.0. The van der Waals surface area contributed by atoms with Crippen molar-refractivity contribution in [2.45, 2.75) is 69.3 Å². The van der Waals surface area contributed by atoms with Gasteiger partial charge in [0.1, 0.15) is 22.6 Å². The number of hydrogen-bond acceptors (Lipinski definition) is 16. The highest BCUT2D eigenvalue weighted by Gasteiger charge is 2.36. The third kappa shape index (κ3) is 10.7. The number of rotatable bonds is 20. The molecule has 0 aliphatic heterocycles. The molecule has 2 heterocycles. The van der Waals surface area contributed by atoms with Gasteiger partial charge in [-0.2, -0.15) is 4.98 Å². The van der Waals surface area contributed by atoms with Gasteiger partial charge < -0.3 is 38.7 Å². The van der Waals surface area contributed by atoms with Crippen LogP contribution in [0.2, 0.25) is 0 Å². The molecule has 2 atom stereocenters. The highest BCUT2D eigenvalue weighted by Crippen LogP contribution is 2.51. The Morgan fingerprint density at radius 3 is 2.12 bits per heavy atom. The van der Waals surface area contributed by atoms with Gasteiger partial charge in [-0.05, 0) is 52.0 Å². The van der Waals surface area contributed by atoms with E-state index in [1.54, 1.807) is 45.7 Å². The Morgan fingerprint density at radius 2 is 1.58 bits per heavy atom. The second kappa shape index (κ2) is 16.5. The number of anilines is 1. The average Bonchev–Trinajstić information content (AvgIpc) is 3.34. The summed E-state index contributed by atoms with van der Waals surface area (Å²) in [6.45, 7) is 3.43. The van der Waals surface area contributed by atoms with Crippen molar-refractivity contribution in [3.8, 4) is 5.75 Å². The van der Waals surface area contributed by atoms with Gasteiger partial charge in [0.05, 0.1) is 32.3 Å². The topological polar surface area (TPSA) is 195 Å². The lowest BCUT2D eigenvalue weighted by atomic mass is 10.3. The normalized spacial score (nSPS) is 14.4. The highest BCUT2D eigenvalue weighted by atomic mass is 32.2. The molecule has 3 rings (SSSR count). The second-order valence-electron chi connectivity index (χ2n) is 9.05. The van der Waals surface area contributed by atoms with E-state index in [4.69, 9.17) is 43.2 Å². The number of ether oxygens (including phenoxy) is 6. The van der Waals surface area contributed by atoms with Gasteiger partial charge >= 0.3 is 20.5 Å². The monoisotopic (exact) mass is 643 g/mol. The molecule has 43 heavy (non-hydrogen) atoms. The minimum absolute atomic E-state index is 0.0263. The Hall–Kier alpha value is -3.31. The van der Waals surface area contributed by atoms with E-state index in [2.05, 4.69) is 15.0 Å². The van der Waals surface area contributed by atoms with Crippen molar-refractivity contribution >= 4 is 49.4 Å². The van der Waals surface area contributed by atoms with E-state index in [1.807, 2.05) is 24.3 Å². The molecule has 0 amide bonds. The van der Waals surface area contributed by atoms with Gasteiger partial charge in [0.25, 0.3) is 12.9 Å². The smallest absolute Gasteiger partial charge is 0.365 e. The lowest BCUT2D eigenvalue weighted by molar-refractivity contribution is -0.267. The molecule has 2 unspecified atom stereocenters. The molecule has 2 aromatic heterocycles. The number of fused-ring (bicyclic) bond motifs is 1. The quantitative estimate of drug-likeness (QED) is 0.0617. The molecule has 0 aliphatic carbocycles. The lowest BCUT2D eigenvalue weighted by Crippen LogP contribution is -2.28. The number of methoxy groups -OCH3 is 1. The van der Waals surface area contributed by atoms with Gasteiger partial charge in [0.15, 0.2) is 5.65 Å². The molecular formula is C25H34N5O11PS. The summed E-state index contributed by atoms with van der Waals surface area (Å²) in [4.78, 5) is 35.9. The summed E-state index contributed by atoms with van der Waals surface area (Å²) in [5, 5.41) is 0.552. The van der Waals surface area contributed by atoms with Gasteiger partial charge in [0, 0.05) is 11.4 Å². The molecule has 0 radical (unpaired) electrons. The zero-order chi connectivity index (χ0) is 31.4. The first-order valence-electron chi connectivity index (χ1n) is 12.9. The van der Waals surface area contributed by atoms with Crippen LogP contribution in [0.15, 0.2) is 40.5 Å². The molecule has 0 saturated heterocycles. The third-order valence-corrected chi connectivity index (χ3v) is 7.51. The SMILES string of the molecule is COc1ccc(Sc2nc(N)nc3c2ncn3CCOCP(=O)(OC(OC=O)OC(C)C)OC(OC=O)OC(C)C)cc1. The minimum Gasteiger partial charge on any atom is -0.497 e. The van der Waals surface area contributed by atoms with Crippen LogP contribution in [-0.4, -0.2) is 77.7 Å². The molecule has 2 N–H and O–H groups in total. The minimum atomic E-state index is -4.34. The van der Waals surface area contributed by atoms with E-state index < -0.39 is 39.1 Å². The van der Waals surface area contributed by atoms with Crippen LogP contribution in [-0.2, 0) is 53.4 Å². The Kier molecular flexibility index (Phi) is 13.1. The summed E-state index contributed by atoms with van der Waals surface area (Å²) in [7, 11) is -2.75. The van der Waals surface area contributed by atoms with Crippen molar-refractivity contribution in [3.05, 3.63) is 30.6 Å². The summed E-state index contributed by atoms with van der Waals surface area (Å²) in [6.07, 6.45) is -0.0767. The predicted molar refractivity (Wildman–Crippen MR) is 152 cm³/mol. The van der Waals surface area contributed by atoms with E-state index >= 15 is 0 Å². The molecule has 0 spiro atoms. The standard InChI is InChI=1S/C25H34N5O11PS/c1-16(2)38-24(36-13-31)40-42(33,41-25(37-14-32)39-17(3)4)15-35-11-10-30-12-27-20-21(30)28-23(26)29-22(20)43-19-8-6-18(34-5)7-9-19/h6-9,12-14,16-17,24-25H,10-11,15H2,1-5H3,(H2,26,28,29). The number of nitrogens with two attached hydrogens (primary N) is 1. The maximum atomic E-state index is 13.6. The van der Waals surface area contributed by atoms with Crippen molar-refractivity contribution in [3.63, 3.8) is 0 Å². The summed E-state index contributed by atoms with van der Waals surface area (Å²) < 4.78 is 56.9. The van der Waals surface area contributed by atoms with Gasteiger partial charge in [-0.1, -0.05) is 11.8 Å². The lowest BCUT2D eigenvalue weighted by Gasteiger charge is -2.27. The summed E-state index contributed by atoms with van der Waals surface area (Å²) in [6, 6.07) is 7.43. The van der Waals surface area contributed by atoms with Crippen LogP contribution in [0.25, 0.3) is 11.2 Å². The Bertz CT molecular complexity index is 1350. The fraction of sp³-hybridized carbons (Fsp3) is 0.480. The highest BCUT2D eigenvalue weighted by molar-refractivity contribution is 7.99. The number of hydrogen-bond donors (Lipinski definition) is 1. The number of aromatic nitrogens is 4. The zero-order valence-electron chi connectivity index (χ0n) is 24.2. The molecule has 3 aromatic rings. The molecule has 18 heteroatoms. The molecule has 0 aliphatic rings. The van der Waals surface area contributed by atoms with Crippen LogP contribution < -0.4 is 10.5 Å². The maximum absolute atomic E-state index is 13.6. The van der Waals surface area contributed by atoms with E-state index in [-0.39, 0.29) is 32.0 Å². The van der Waals surface area contributed by atoms with E-state index in [1.165, 1.54) is 11.8 Å². The Labute approximate surface area is 252 Å². The van der Waals surface area contributed by atoms with Crippen LogP contribution in [0.5, 0.6) is 5.75 Å². The van der Waals surface area contributed by atoms with Crippen LogP contribution in [0.4, 0.5) is 5.95 Å². The molecule has 16 nitrogen and oxygen atoms in total. The molecule has 0 bridgehead atoms. The number of nitrogen functional groups attached to an aromatic ring is 1. The summed E-state index contributed by atoms with van der Waals surface area (Å²) in [5.74, 6) is 0.773. The van der Waals surface area contributed by atoms with Gasteiger partial charge in [0.2, 0.25) is 5.95 Å². The first-order valence-corrected chi connectivity index (χ1v) is 15.4. The largest absolute Gasteiger partial charge is 0.497 e. The van der Waals surface area contributed by atoms with E-state index in [0.717, 1.165) is 10.6 Å². The first kappa shape index (κ1) is 34.2. The molecule has 236 valence electrons. The third-order valence-electron chi connectivity index (χ3n) is 5.04. The summed E-state index contributed by atoms with van der Waals surface area (Å²) >= 11 is 1.36. The van der Waals surface area contributed by atoms with Crippen LogP contribution in [0.1, 0.15) is 27.7 Å². The fourth-order valence-corrected chi connectivity index (χ4v) is 5.43. The van der Waals surface area contributed by atoms with Crippen molar-refractivity contribution in [1.82, 2.24) is 19.5 Å². The number of imidazole rings is 1. The number of benzene rings is 1. The Morgan fingerprint density at radius 1 is 0.977 bits per heavy atom. The number of carbonyl (C=O) groups excluding carboxylic acids is 2. The van der Waals surface area contributed by atoms with Gasteiger partial charge in [-0.3, -0.25) is 14.2 Å². The summed E-state index contributed by atoms with van der Waals surface area (Å²) in [5.41, 5.74) is 6.96. The molecule has 0 saturated carbocycles. The van der Waals surface area contributed by atoms with Crippen molar-refractivity contribution < 1.29 is 51.6 Å². The fourth-order valence-electron chi connectivity index (χ4n) is 3.31. The zero-order valence-corrected chi connectivity index (χ0v) is 25.9. The van der Waals surface area contributed by atoms with Crippen molar-refractivity contribution in [1.29, 1.82) is 0 Å². The molecule has 0 fully saturated rings. The van der Waals surface area contributed by atoms with Crippen LogP contribution in [0.3, 0.4) is 0 Å². The van der Waals surface area contributed by atoms with Crippen LogP contribution in [0, 0.1) is 0 Å². The van der Waals surface area contributed by atoms with Crippen molar-refractivity contribution in [2.75, 3.05) is 25.8 Å². The van der Waals surface area contributed by atoms with Crippen LogP contribution >= 0.6 is 19.4 Å². The predicted octanol–water partition coefficient (Wildman–Crippen LogP) is 3.53. The Balaban J connectivity index is 1.73. The maximum Gasteiger partial charge on any atom is 0.365 e. The molecule has 1 aromatic carbocycles. The van der Waals surface area contributed by atoms with Gasteiger partial charge in [-0.15, -0.1) is 0 Å². The van der Waals surface area contributed by atoms with Gasteiger partial charge in [-0.25, -0.2) is 19.0 Å². The van der Waals surface area contributed by atoms with E-state index in [9.17, 15) is 14.2 Å². The molecular weight excluding hydrogens is 609 g/mol. The van der Waals surface area contributed by atoms with Crippen molar-refractivity contribution in [2.24, 2.45) is 0 Å². The average molecular weight is 644 g/mol. The first-order chi connectivity index (χ1) is 20.6. The van der Waals surface area contributed by atoms with E-state index in [0.29, 0.717) is 16.2 Å². The number of carbonyl (C=O) groups is 2.